The maximum Gasteiger partial charge on any atom is 0.274 e. The molecule has 0 unspecified atom stereocenters. The van der Waals surface area contributed by atoms with E-state index in [0.29, 0.717) is 18.7 Å². The molecule has 1 aliphatic rings. The number of nitro groups is 1. The third-order valence-electron chi connectivity index (χ3n) is 4.72. The van der Waals surface area contributed by atoms with Crippen LogP contribution in [0.1, 0.15) is 18.4 Å². The van der Waals surface area contributed by atoms with Crippen LogP contribution in [0.25, 0.3) is 0 Å². The highest BCUT2D eigenvalue weighted by molar-refractivity contribution is 7.89. The van der Waals surface area contributed by atoms with Crippen LogP contribution in [0.3, 0.4) is 0 Å². The van der Waals surface area contributed by atoms with Gasteiger partial charge in [-0.3, -0.25) is 14.9 Å². The number of benzene rings is 2. The van der Waals surface area contributed by atoms with Gasteiger partial charge < -0.3 is 10.1 Å². The van der Waals surface area contributed by atoms with Crippen molar-refractivity contribution in [3.8, 4) is 5.75 Å². The van der Waals surface area contributed by atoms with Gasteiger partial charge in [-0.15, -0.1) is 0 Å². The lowest BCUT2D eigenvalue weighted by Crippen LogP contribution is -2.29. The van der Waals surface area contributed by atoms with E-state index in [2.05, 4.69) is 5.32 Å². The number of amides is 1. The van der Waals surface area contributed by atoms with Gasteiger partial charge in [-0.1, -0.05) is 17.7 Å². The minimum Gasteiger partial charge on any atom is -0.482 e. The van der Waals surface area contributed by atoms with E-state index in [1.165, 1.54) is 47.6 Å². The lowest BCUT2D eigenvalue weighted by molar-refractivity contribution is -0.385. The largest absolute Gasteiger partial charge is 0.482 e. The highest BCUT2D eigenvalue weighted by Gasteiger charge is 2.30. The van der Waals surface area contributed by atoms with Crippen molar-refractivity contribution in [1.82, 2.24) is 4.31 Å². The molecule has 3 rings (SSSR count). The second kappa shape index (κ2) is 8.99. The molecule has 1 fully saturated rings. The number of hydrogen-bond acceptors (Lipinski definition) is 6. The Labute approximate surface area is 178 Å². The Morgan fingerprint density at radius 2 is 1.97 bits per heavy atom. The molecule has 1 amide bonds. The minimum atomic E-state index is -3.80. The Balaban J connectivity index is 1.76. The summed E-state index contributed by atoms with van der Waals surface area (Å²) < 4.78 is 32.7. The minimum absolute atomic E-state index is 0.0113. The number of nitrogens with zero attached hydrogens (tertiary/aromatic N) is 2. The van der Waals surface area contributed by atoms with Crippen LogP contribution >= 0.6 is 11.6 Å². The quantitative estimate of drug-likeness (QED) is 0.507. The van der Waals surface area contributed by atoms with Crippen molar-refractivity contribution in [2.45, 2.75) is 24.7 Å². The topological polar surface area (TPSA) is 119 Å². The van der Waals surface area contributed by atoms with Gasteiger partial charge in [-0.05, 0) is 44.0 Å². The van der Waals surface area contributed by atoms with Crippen LogP contribution in [-0.2, 0) is 14.8 Å². The molecule has 0 aromatic heterocycles. The third kappa shape index (κ3) is 4.72. The Hall–Kier alpha value is -2.69. The number of sulfonamides is 1. The fourth-order valence-corrected chi connectivity index (χ4v) is 5.07. The van der Waals surface area contributed by atoms with Gasteiger partial charge in [0, 0.05) is 24.2 Å². The van der Waals surface area contributed by atoms with Crippen molar-refractivity contribution in [3.05, 3.63) is 57.1 Å². The molecule has 0 atom stereocenters. The first-order valence-electron chi connectivity index (χ1n) is 9.16. The van der Waals surface area contributed by atoms with Gasteiger partial charge in [-0.2, -0.15) is 4.31 Å². The summed E-state index contributed by atoms with van der Waals surface area (Å²) in [6.07, 6.45) is 1.56. The number of carbonyl (C=O) groups excluding carboxylic acids is 1. The van der Waals surface area contributed by atoms with Crippen molar-refractivity contribution in [2.24, 2.45) is 0 Å². The van der Waals surface area contributed by atoms with Crippen molar-refractivity contribution < 1.29 is 22.9 Å². The monoisotopic (exact) mass is 453 g/mol. The summed E-state index contributed by atoms with van der Waals surface area (Å²) in [5, 5.41) is 13.8. The van der Waals surface area contributed by atoms with E-state index in [-0.39, 0.29) is 27.0 Å². The lowest BCUT2D eigenvalue weighted by atomic mass is 10.1. The summed E-state index contributed by atoms with van der Waals surface area (Å²) in [7, 11) is -3.80. The summed E-state index contributed by atoms with van der Waals surface area (Å²) in [6, 6.07) is 8.50. The van der Waals surface area contributed by atoms with Crippen molar-refractivity contribution in [2.75, 3.05) is 25.0 Å². The zero-order valence-electron chi connectivity index (χ0n) is 16.1. The first-order valence-corrected chi connectivity index (χ1v) is 11.0. The van der Waals surface area contributed by atoms with Crippen molar-refractivity contribution in [1.29, 1.82) is 0 Å². The molecule has 11 heteroatoms. The predicted octanol–water partition coefficient (Wildman–Crippen LogP) is 3.36. The molecule has 2 aromatic rings. The van der Waals surface area contributed by atoms with Crippen LogP contribution in [0.4, 0.5) is 11.4 Å². The Kier molecular flexibility index (Phi) is 6.59. The molecule has 0 saturated carbocycles. The Morgan fingerprint density at radius 3 is 2.63 bits per heavy atom. The number of carbonyl (C=O) groups is 1. The number of rotatable bonds is 7. The van der Waals surface area contributed by atoms with Crippen LogP contribution in [0.5, 0.6) is 5.75 Å². The van der Waals surface area contributed by atoms with Crippen molar-refractivity contribution in [3.63, 3.8) is 0 Å². The van der Waals surface area contributed by atoms with Crippen LogP contribution < -0.4 is 10.1 Å². The number of ether oxygens (including phenoxy) is 1. The lowest BCUT2D eigenvalue weighted by Gasteiger charge is -2.18. The summed E-state index contributed by atoms with van der Waals surface area (Å²) in [6.45, 7) is 1.88. The molecule has 9 nitrogen and oxygen atoms in total. The molecular formula is C19H20ClN3O6S. The van der Waals surface area contributed by atoms with Gasteiger partial charge in [0.15, 0.2) is 6.61 Å². The number of nitro benzene ring substituents is 1. The van der Waals surface area contributed by atoms with E-state index in [0.717, 1.165) is 12.8 Å². The second-order valence-electron chi connectivity index (χ2n) is 6.75. The number of halogens is 1. The molecular weight excluding hydrogens is 434 g/mol. The zero-order chi connectivity index (χ0) is 21.9. The maximum atomic E-state index is 12.9. The maximum absolute atomic E-state index is 12.9. The smallest absolute Gasteiger partial charge is 0.274 e. The fraction of sp³-hybridized carbons (Fsp3) is 0.316. The summed E-state index contributed by atoms with van der Waals surface area (Å²) in [5.74, 6) is -0.574. The highest BCUT2D eigenvalue weighted by atomic mass is 35.5. The average Bonchev–Trinajstić information content (AvgIpc) is 3.24. The standard InChI is InChI=1S/C19H20ClN3O6S/c1-13-15(5-4-6-16(13)23(25)26)21-19(24)12-29-17-8-7-14(20)11-18(17)30(27,28)22-9-2-3-10-22/h4-8,11H,2-3,9-10,12H2,1H3,(H,21,24). The Morgan fingerprint density at radius 1 is 1.27 bits per heavy atom. The molecule has 0 aliphatic carbocycles. The van der Waals surface area contributed by atoms with Crippen LogP contribution in [0, 0.1) is 17.0 Å². The molecule has 0 radical (unpaired) electrons. The Bertz CT molecular complexity index is 1080. The zero-order valence-corrected chi connectivity index (χ0v) is 17.7. The van der Waals surface area contributed by atoms with E-state index in [4.69, 9.17) is 16.3 Å². The molecule has 30 heavy (non-hydrogen) atoms. The fourth-order valence-electron chi connectivity index (χ4n) is 3.16. The number of nitrogens with one attached hydrogen (secondary N) is 1. The van der Waals surface area contributed by atoms with Crippen LogP contribution in [-0.4, -0.2) is 43.2 Å². The summed E-state index contributed by atoms with van der Waals surface area (Å²) in [5.41, 5.74) is 0.462. The van der Waals surface area contributed by atoms with E-state index < -0.39 is 27.5 Å². The van der Waals surface area contributed by atoms with Gasteiger partial charge in [0.1, 0.15) is 10.6 Å². The first kappa shape index (κ1) is 22.0. The highest BCUT2D eigenvalue weighted by Crippen LogP contribution is 2.31. The van der Waals surface area contributed by atoms with E-state index in [9.17, 15) is 23.3 Å². The van der Waals surface area contributed by atoms with E-state index in [1.807, 2.05) is 0 Å². The van der Waals surface area contributed by atoms with Gasteiger partial charge in [-0.25, -0.2) is 8.42 Å². The van der Waals surface area contributed by atoms with Gasteiger partial charge >= 0.3 is 0 Å². The molecule has 1 N–H and O–H groups in total. The average molecular weight is 454 g/mol. The SMILES string of the molecule is Cc1c(NC(=O)COc2ccc(Cl)cc2S(=O)(=O)N2CCCC2)cccc1[N+](=O)[O-]. The number of hydrogen-bond donors (Lipinski definition) is 1. The molecule has 2 aromatic carbocycles. The van der Waals surface area contributed by atoms with Crippen LogP contribution in [0.15, 0.2) is 41.3 Å². The van der Waals surface area contributed by atoms with E-state index >= 15 is 0 Å². The second-order valence-corrected chi connectivity index (χ2v) is 9.09. The van der Waals surface area contributed by atoms with Gasteiger partial charge in [0.25, 0.3) is 11.6 Å². The molecule has 1 aliphatic heterocycles. The molecule has 1 saturated heterocycles. The predicted molar refractivity (Wildman–Crippen MR) is 111 cm³/mol. The number of anilines is 1. The molecule has 160 valence electrons. The molecule has 1 heterocycles. The van der Waals surface area contributed by atoms with Crippen LogP contribution in [0.2, 0.25) is 5.02 Å². The first-order chi connectivity index (χ1) is 14.2. The van der Waals surface area contributed by atoms with Gasteiger partial charge in [0.05, 0.1) is 16.2 Å². The summed E-state index contributed by atoms with van der Waals surface area (Å²) in [4.78, 5) is 22.7. The van der Waals surface area contributed by atoms with Crippen molar-refractivity contribution >= 4 is 38.9 Å². The summed E-state index contributed by atoms with van der Waals surface area (Å²) >= 11 is 5.98. The van der Waals surface area contributed by atoms with E-state index in [1.54, 1.807) is 0 Å². The normalized spacial score (nSPS) is 14.5. The van der Waals surface area contributed by atoms with Gasteiger partial charge in [0.2, 0.25) is 10.0 Å². The third-order valence-corrected chi connectivity index (χ3v) is 6.88. The molecule has 0 spiro atoms. The molecule has 0 bridgehead atoms.